The summed E-state index contributed by atoms with van der Waals surface area (Å²) in [6.45, 7) is 7.69. The SMILES string of the molecule is COC(=O)/C=C/C(=O)OCCN1CC(C)CC(C)C1. The van der Waals surface area contributed by atoms with Crippen molar-refractivity contribution in [3.63, 3.8) is 0 Å². The van der Waals surface area contributed by atoms with Gasteiger partial charge in [0.25, 0.3) is 0 Å². The first-order valence-corrected chi connectivity index (χ1v) is 6.66. The van der Waals surface area contributed by atoms with Crippen molar-refractivity contribution in [1.82, 2.24) is 4.90 Å². The first-order valence-electron chi connectivity index (χ1n) is 6.66. The van der Waals surface area contributed by atoms with Gasteiger partial charge in [0.05, 0.1) is 7.11 Å². The minimum atomic E-state index is -0.560. The lowest BCUT2D eigenvalue weighted by Crippen LogP contribution is -2.40. The molecule has 2 atom stereocenters. The maximum Gasteiger partial charge on any atom is 0.331 e. The Morgan fingerprint density at radius 1 is 1.16 bits per heavy atom. The van der Waals surface area contributed by atoms with E-state index in [1.807, 2.05) is 0 Å². The summed E-state index contributed by atoms with van der Waals surface area (Å²) in [5.74, 6) is 0.316. The summed E-state index contributed by atoms with van der Waals surface area (Å²) in [7, 11) is 1.26. The Labute approximate surface area is 114 Å². The molecule has 0 aromatic rings. The quantitative estimate of drug-likeness (QED) is 0.555. The van der Waals surface area contributed by atoms with Crippen LogP contribution in [0.3, 0.4) is 0 Å². The van der Waals surface area contributed by atoms with Gasteiger partial charge >= 0.3 is 11.9 Å². The van der Waals surface area contributed by atoms with E-state index in [4.69, 9.17) is 4.74 Å². The van der Waals surface area contributed by atoms with Crippen LogP contribution in [0.15, 0.2) is 12.2 Å². The molecule has 0 aliphatic carbocycles. The molecular weight excluding hydrogens is 246 g/mol. The summed E-state index contributed by atoms with van der Waals surface area (Å²) < 4.78 is 9.42. The van der Waals surface area contributed by atoms with Crippen LogP contribution in [0.4, 0.5) is 0 Å². The van der Waals surface area contributed by atoms with E-state index < -0.39 is 11.9 Å². The van der Waals surface area contributed by atoms with Crippen LogP contribution in [-0.2, 0) is 19.1 Å². The van der Waals surface area contributed by atoms with Gasteiger partial charge < -0.3 is 9.47 Å². The van der Waals surface area contributed by atoms with Crippen LogP contribution < -0.4 is 0 Å². The highest BCUT2D eigenvalue weighted by Gasteiger charge is 2.21. The predicted octanol–water partition coefficient (Wildman–Crippen LogP) is 1.24. The second-order valence-corrected chi connectivity index (χ2v) is 5.23. The second kappa shape index (κ2) is 7.94. The number of methoxy groups -OCH3 is 1. The van der Waals surface area contributed by atoms with Crippen molar-refractivity contribution in [2.45, 2.75) is 20.3 Å². The molecular formula is C14H23NO4. The van der Waals surface area contributed by atoms with E-state index in [0.29, 0.717) is 18.4 Å². The Hall–Kier alpha value is -1.36. The number of hydrogen-bond donors (Lipinski definition) is 0. The molecule has 0 radical (unpaired) electrons. The maximum absolute atomic E-state index is 11.3. The van der Waals surface area contributed by atoms with Gasteiger partial charge in [-0.3, -0.25) is 4.90 Å². The maximum atomic E-state index is 11.3. The molecule has 2 unspecified atom stereocenters. The van der Waals surface area contributed by atoms with Crippen molar-refractivity contribution in [3.8, 4) is 0 Å². The summed E-state index contributed by atoms with van der Waals surface area (Å²) in [5, 5.41) is 0. The van der Waals surface area contributed by atoms with Crippen molar-refractivity contribution in [2.24, 2.45) is 11.8 Å². The zero-order valence-corrected chi connectivity index (χ0v) is 11.9. The molecule has 19 heavy (non-hydrogen) atoms. The molecule has 1 fully saturated rings. The summed E-state index contributed by atoms with van der Waals surface area (Å²) in [6.07, 6.45) is 3.42. The van der Waals surface area contributed by atoms with Crippen LogP contribution in [0.25, 0.3) is 0 Å². The van der Waals surface area contributed by atoms with Crippen LogP contribution in [0.2, 0.25) is 0 Å². The third-order valence-electron chi connectivity index (χ3n) is 3.15. The topological polar surface area (TPSA) is 55.8 Å². The van der Waals surface area contributed by atoms with E-state index in [1.165, 1.54) is 13.5 Å². The molecule has 1 heterocycles. The molecule has 0 aromatic heterocycles. The molecule has 108 valence electrons. The highest BCUT2D eigenvalue weighted by Crippen LogP contribution is 2.20. The van der Waals surface area contributed by atoms with Gasteiger partial charge in [0.15, 0.2) is 0 Å². The van der Waals surface area contributed by atoms with E-state index in [2.05, 4.69) is 23.5 Å². The lowest BCUT2D eigenvalue weighted by atomic mass is 9.92. The highest BCUT2D eigenvalue weighted by atomic mass is 16.5. The molecule has 0 aromatic carbocycles. The molecule has 5 nitrogen and oxygen atoms in total. The molecule has 5 heteroatoms. The average Bonchev–Trinajstić information content (AvgIpc) is 2.34. The fourth-order valence-electron chi connectivity index (χ4n) is 2.50. The average molecular weight is 269 g/mol. The molecule has 1 saturated heterocycles. The zero-order chi connectivity index (χ0) is 14.3. The molecule has 0 N–H and O–H groups in total. The van der Waals surface area contributed by atoms with Crippen LogP contribution >= 0.6 is 0 Å². The highest BCUT2D eigenvalue weighted by molar-refractivity contribution is 5.91. The first-order chi connectivity index (χ1) is 9.01. The van der Waals surface area contributed by atoms with Crippen LogP contribution in [0.1, 0.15) is 20.3 Å². The number of nitrogens with zero attached hydrogens (tertiary/aromatic N) is 1. The van der Waals surface area contributed by atoms with E-state index in [-0.39, 0.29) is 0 Å². The zero-order valence-electron chi connectivity index (χ0n) is 11.9. The van der Waals surface area contributed by atoms with Gasteiger partial charge in [-0.1, -0.05) is 13.8 Å². The van der Waals surface area contributed by atoms with Gasteiger partial charge in [0, 0.05) is 31.8 Å². The summed E-state index contributed by atoms with van der Waals surface area (Å²) >= 11 is 0. The second-order valence-electron chi connectivity index (χ2n) is 5.23. The van der Waals surface area contributed by atoms with Crippen molar-refractivity contribution in [2.75, 3.05) is 33.4 Å². The van der Waals surface area contributed by atoms with Crippen LogP contribution in [0, 0.1) is 11.8 Å². The number of esters is 2. The molecule has 0 bridgehead atoms. The molecule has 1 aliphatic heterocycles. The van der Waals surface area contributed by atoms with Crippen molar-refractivity contribution < 1.29 is 19.1 Å². The number of carbonyl (C=O) groups excluding carboxylic acids is 2. The normalized spacial score (nSPS) is 24.4. The Morgan fingerprint density at radius 2 is 1.74 bits per heavy atom. The fourth-order valence-corrected chi connectivity index (χ4v) is 2.50. The molecule has 1 aliphatic rings. The van der Waals surface area contributed by atoms with Gasteiger partial charge in [-0.15, -0.1) is 0 Å². The van der Waals surface area contributed by atoms with E-state index in [0.717, 1.165) is 31.8 Å². The van der Waals surface area contributed by atoms with Crippen molar-refractivity contribution in [3.05, 3.63) is 12.2 Å². The number of carbonyl (C=O) groups is 2. The van der Waals surface area contributed by atoms with Crippen molar-refractivity contribution >= 4 is 11.9 Å². The van der Waals surface area contributed by atoms with Gasteiger partial charge in [-0.2, -0.15) is 0 Å². The number of piperidine rings is 1. The molecule has 0 saturated carbocycles. The van der Waals surface area contributed by atoms with Crippen LogP contribution in [-0.4, -0.2) is 50.2 Å². The van der Waals surface area contributed by atoms with E-state index in [1.54, 1.807) is 0 Å². The Kier molecular flexibility index (Phi) is 6.56. The Balaban J connectivity index is 2.21. The van der Waals surface area contributed by atoms with Gasteiger partial charge in [0.2, 0.25) is 0 Å². The summed E-state index contributed by atoms with van der Waals surface area (Å²) in [5.41, 5.74) is 0. The standard InChI is InChI=1S/C14H23NO4/c1-11-8-12(2)10-15(9-11)6-7-19-14(17)5-4-13(16)18-3/h4-5,11-12H,6-10H2,1-3H3/b5-4+. The Bertz CT molecular complexity index is 330. The smallest absolute Gasteiger partial charge is 0.331 e. The number of likely N-dealkylation sites (tertiary alicyclic amines) is 1. The fraction of sp³-hybridized carbons (Fsp3) is 0.714. The summed E-state index contributed by atoms with van der Waals surface area (Å²) in [4.78, 5) is 24.4. The largest absolute Gasteiger partial charge is 0.466 e. The van der Waals surface area contributed by atoms with Gasteiger partial charge in [-0.25, -0.2) is 9.59 Å². The lowest BCUT2D eigenvalue weighted by Gasteiger charge is -2.34. The summed E-state index contributed by atoms with van der Waals surface area (Å²) in [6, 6.07) is 0. The Morgan fingerprint density at radius 3 is 2.32 bits per heavy atom. The minimum Gasteiger partial charge on any atom is -0.466 e. The molecule has 0 spiro atoms. The number of ether oxygens (including phenoxy) is 2. The minimum absolute atomic E-state index is 0.351. The predicted molar refractivity (Wildman–Crippen MR) is 71.5 cm³/mol. The first kappa shape index (κ1) is 15.7. The third kappa shape index (κ3) is 6.38. The molecule has 1 rings (SSSR count). The monoisotopic (exact) mass is 269 g/mol. The van der Waals surface area contributed by atoms with Gasteiger partial charge in [0.1, 0.15) is 6.61 Å². The van der Waals surface area contributed by atoms with Crippen molar-refractivity contribution in [1.29, 1.82) is 0 Å². The third-order valence-corrected chi connectivity index (χ3v) is 3.15. The molecule has 0 amide bonds. The lowest BCUT2D eigenvalue weighted by molar-refractivity contribution is -0.139. The van der Waals surface area contributed by atoms with E-state index in [9.17, 15) is 9.59 Å². The number of rotatable bonds is 5. The van der Waals surface area contributed by atoms with Gasteiger partial charge in [-0.05, 0) is 18.3 Å². The number of hydrogen-bond acceptors (Lipinski definition) is 5. The van der Waals surface area contributed by atoms with E-state index >= 15 is 0 Å². The van der Waals surface area contributed by atoms with Crippen LogP contribution in [0.5, 0.6) is 0 Å².